The van der Waals surface area contributed by atoms with E-state index >= 15 is 0 Å². The Morgan fingerprint density at radius 2 is 1.87 bits per heavy atom. The maximum absolute atomic E-state index is 12.4. The number of fused-ring (bicyclic) bond motifs is 1. The number of H-pyrrole nitrogens is 1. The van der Waals surface area contributed by atoms with Gasteiger partial charge in [0.25, 0.3) is 0 Å². The minimum atomic E-state index is -0.203. The van der Waals surface area contributed by atoms with Crippen LogP contribution in [0.1, 0.15) is 0 Å². The molecule has 202 valence electrons. The number of benzene rings is 2. The van der Waals surface area contributed by atoms with Crippen LogP contribution in [0.4, 0.5) is 23.0 Å². The summed E-state index contributed by atoms with van der Waals surface area (Å²) in [6.45, 7) is 4.68. The Labute approximate surface area is 245 Å². The molecule has 0 radical (unpaired) electrons. The number of aromatic amines is 1. The molecule has 1 amide bonds. The Kier molecular flexibility index (Phi) is 8.60. The van der Waals surface area contributed by atoms with Crippen LogP contribution in [-0.4, -0.2) is 80.9 Å². The average molecular weight is 658 g/mol. The lowest BCUT2D eigenvalue weighted by atomic mass is 10.1. The van der Waals surface area contributed by atoms with Gasteiger partial charge >= 0.3 is 0 Å². The van der Waals surface area contributed by atoms with Crippen LogP contribution in [0, 0.1) is 0 Å². The molecular weight excluding hydrogens is 629 g/mol. The predicted molar refractivity (Wildman–Crippen MR) is 166 cm³/mol. The highest BCUT2D eigenvalue weighted by atomic mass is 127. The van der Waals surface area contributed by atoms with E-state index in [1.807, 2.05) is 61.5 Å². The van der Waals surface area contributed by atoms with E-state index in [0.717, 1.165) is 43.1 Å². The Hall–Kier alpha value is -3.26. The minimum absolute atomic E-state index is 0.203. The van der Waals surface area contributed by atoms with Crippen molar-refractivity contribution in [2.24, 2.45) is 0 Å². The van der Waals surface area contributed by atoms with Gasteiger partial charge in [0.15, 0.2) is 10.8 Å². The van der Waals surface area contributed by atoms with E-state index in [0.29, 0.717) is 34.9 Å². The number of anilines is 4. The second-order valence-electron chi connectivity index (χ2n) is 9.44. The summed E-state index contributed by atoms with van der Waals surface area (Å²) in [6, 6.07) is 15.7. The average Bonchev–Trinajstić information content (AvgIpc) is 3.29. The van der Waals surface area contributed by atoms with Gasteiger partial charge in [0.1, 0.15) is 0 Å². The second kappa shape index (κ2) is 12.3. The standard InChI is InChI=1S/C27H29ClIN9O/c1-36(2)11-5-10-22(39)30-19-7-3-6-18(16-19)24-23-25(28)34-35-26(23)33-27(32-24)31-20-8-4-9-21(17-20)37-12-14-38(29)15-13-37/h3-10,16-17H,11-15H2,1-2H3,(H,30,39)(H2,31,32,33,34,35)/b10-5+. The Morgan fingerprint density at radius 1 is 1.10 bits per heavy atom. The highest BCUT2D eigenvalue weighted by Gasteiger charge is 2.18. The van der Waals surface area contributed by atoms with Gasteiger partial charge < -0.3 is 20.4 Å². The molecule has 3 N–H and O–H groups in total. The molecule has 39 heavy (non-hydrogen) atoms. The first-order chi connectivity index (χ1) is 18.9. The van der Waals surface area contributed by atoms with Crippen LogP contribution >= 0.6 is 34.5 Å². The number of piperazine rings is 1. The highest BCUT2D eigenvalue weighted by Crippen LogP contribution is 2.33. The summed E-state index contributed by atoms with van der Waals surface area (Å²) in [6.07, 6.45) is 3.34. The van der Waals surface area contributed by atoms with E-state index in [-0.39, 0.29) is 11.1 Å². The molecule has 4 aromatic rings. The van der Waals surface area contributed by atoms with Crippen molar-refractivity contribution in [1.29, 1.82) is 0 Å². The zero-order valence-electron chi connectivity index (χ0n) is 21.7. The van der Waals surface area contributed by atoms with Crippen LogP contribution < -0.4 is 15.5 Å². The molecule has 1 fully saturated rings. The van der Waals surface area contributed by atoms with Crippen molar-refractivity contribution in [3.05, 3.63) is 65.8 Å². The summed E-state index contributed by atoms with van der Waals surface area (Å²) < 4.78 is 2.30. The van der Waals surface area contributed by atoms with Crippen LogP contribution in [0.3, 0.4) is 0 Å². The van der Waals surface area contributed by atoms with Gasteiger partial charge in [0, 0.05) is 84.3 Å². The molecule has 1 aliphatic rings. The molecule has 2 aromatic heterocycles. The van der Waals surface area contributed by atoms with E-state index in [1.54, 1.807) is 0 Å². The number of nitrogens with zero attached hydrogens (tertiary/aromatic N) is 6. The van der Waals surface area contributed by atoms with Crippen LogP contribution in [0.5, 0.6) is 0 Å². The lowest BCUT2D eigenvalue weighted by Crippen LogP contribution is -2.42. The van der Waals surface area contributed by atoms with E-state index < -0.39 is 0 Å². The largest absolute Gasteiger partial charge is 0.369 e. The van der Waals surface area contributed by atoms with E-state index in [9.17, 15) is 4.79 Å². The number of likely N-dealkylation sites (N-methyl/N-ethyl adjacent to an activating group) is 1. The Bertz CT molecular complexity index is 1500. The van der Waals surface area contributed by atoms with Crippen molar-refractivity contribution < 1.29 is 4.79 Å². The molecule has 5 rings (SSSR count). The molecule has 1 saturated heterocycles. The molecule has 12 heteroatoms. The van der Waals surface area contributed by atoms with Crippen LogP contribution in [0.2, 0.25) is 5.15 Å². The first-order valence-electron chi connectivity index (χ1n) is 12.5. The first-order valence-corrected chi connectivity index (χ1v) is 13.9. The maximum Gasteiger partial charge on any atom is 0.248 e. The summed E-state index contributed by atoms with van der Waals surface area (Å²) in [5.41, 5.74) is 4.57. The van der Waals surface area contributed by atoms with Gasteiger partial charge in [-0.15, -0.1) is 0 Å². The number of carbonyl (C=O) groups is 1. The topological polar surface area (TPSA) is 105 Å². The van der Waals surface area contributed by atoms with Crippen molar-refractivity contribution >= 4 is 74.4 Å². The number of carbonyl (C=O) groups excluding carboxylic acids is 1. The van der Waals surface area contributed by atoms with Crippen LogP contribution in [0.25, 0.3) is 22.3 Å². The molecule has 0 bridgehead atoms. The fourth-order valence-electron chi connectivity index (χ4n) is 4.31. The van der Waals surface area contributed by atoms with Crippen molar-refractivity contribution in [3.8, 4) is 11.3 Å². The number of hydrogen-bond acceptors (Lipinski definition) is 8. The molecule has 0 atom stereocenters. The van der Waals surface area contributed by atoms with Crippen molar-refractivity contribution in [3.63, 3.8) is 0 Å². The van der Waals surface area contributed by atoms with Gasteiger partial charge in [-0.2, -0.15) is 10.1 Å². The number of hydrogen-bond donors (Lipinski definition) is 3. The van der Waals surface area contributed by atoms with Gasteiger partial charge in [-0.3, -0.25) is 9.89 Å². The molecule has 0 saturated carbocycles. The number of aromatic nitrogens is 4. The summed E-state index contributed by atoms with van der Waals surface area (Å²) >= 11 is 8.80. The maximum atomic E-state index is 12.4. The molecule has 2 aromatic carbocycles. The molecule has 0 spiro atoms. The molecule has 0 aliphatic carbocycles. The van der Waals surface area contributed by atoms with Crippen molar-refractivity contribution in [1.82, 2.24) is 28.2 Å². The quantitative estimate of drug-likeness (QED) is 0.139. The summed E-state index contributed by atoms with van der Waals surface area (Å²) in [5, 5.41) is 14.2. The van der Waals surface area contributed by atoms with Gasteiger partial charge in [0.05, 0.1) is 11.1 Å². The van der Waals surface area contributed by atoms with E-state index in [1.165, 1.54) is 6.08 Å². The Balaban J connectivity index is 1.41. The summed E-state index contributed by atoms with van der Waals surface area (Å²) in [4.78, 5) is 26.2. The molecule has 0 unspecified atom stereocenters. The number of amides is 1. The van der Waals surface area contributed by atoms with Crippen molar-refractivity contribution in [2.45, 2.75) is 0 Å². The summed E-state index contributed by atoms with van der Waals surface area (Å²) in [7, 11) is 3.89. The molecule has 10 nitrogen and oxygen atoms in total. The zero-order valence-corrected chi connectivity index (χ0v) is 24.6. The third kappa shape index (κ3) is 6.85. The fourth-order valence-corrected chi connectivity index (χ4v) is 4.96. The fraction of sp³-hybridized carbons (Fsp3) is 0.259. The SMILES string of the molecule is CN(C)C/C=C/C(=O)Nc1cccc(-c2nc(Nc3cccc(N4CCN(I)CC4)c3)nc3[nH]nc(Cl)c23)c1. The predicted octanol–water partition coefficient (Wildman–Crippen LogP) is 4.95. The molecular formula is C27H29ClIN9O. The lowest BCUT2D eigenvalue weighted by molar-refractivity contribution is -0.111. The zero-order chi connectivity index (χ0) is 27.4. The smallest absolute Gasteiger partial charge is 0.248 e. The number of nitrogens with one attached hydrogen (secondary N) is 3. The Morgan fingerprint density at radius 3 is 2.67 bits per heavy atom. The second-order valence-corrected chi connectivity index (χ2v) is 11.2. The molecule has 1 aliphatic heterocycles. The third-order valence-electron chi connectivity index (χ3n) is 6.21. The van der Waals surface area contributed by atoms with Crippen molar-refractivity contribution in [2.75, 3.05) is 62.4 Å². The van der Waals surface area contributed by atoms with Gasteiger partial charge in [-0.1, -0.05) is 35.9 Å². The monoisotopic (exact) mass is 657 g/mol. The first kappa shape index (κ1) is 27.3. The lowest BCUT2D eigenvalue weighted by Gasteiger charge is -2.33. The molecule has 3 heterocycles. The van der Waals surface area contributed by atoms with Gasteiger partial charge in [-0.25, -0.2) is 8.10 Å². The summed E-state index contributed by atoms with van der Waals surface area (Å²) in [5.74, 6) is 0.207. The van der Waals surface area contributed by atoms with Gasteiger partial charge in [0.2, 0.25) is 11.9 Å². The highest BCUT2D eigenvalue weighted by molar-refractivity contribution is 14.1. The normalized spacial score (nSPS) is 14.4. The van der Waals surface area contributed by atoms with Crippen LogP contribution in [0.15, 0.2) is 60.7 Å². The third-order valence-corrected chi connectivity index (χ3v) is 7.45. The van der Waals surface area contributed by atoms with E-state index in [4.69, 9.17) is 16.6 Å². The minimum Gasteiger partial charge on any atom is -0.369 e. The van der Waals surface area contributed by atoms with E-state index in [2.05, 4.69) is 68.8 Å². The number of rotatable bonds is 8. The van der Waals surface area contributed by atoms with Gasteiger partial charge in [-0.05, 0) is 44.4 Å². The van der Waals surface area contributed by atoms with Crippen LogP contribution in [-0.2, 0) is 4.79 Å². The number of halogens is 2.